The minimum absolute atomic E-state index is 0.109. The Morgan fingerprint density at radius 2 is 2.07 bits per heavy atom. The summed E-state index contributed by atoms with van der Waals surface area (Å²) in [6, 6.07) is 12.9. The predicted octanol–water partition coefficient (Wildman–Crippen LogP) is 3.89. The summed E-state index contributed by atoms with van der Waals surface area (Å²) < 4.78 is 21.1. The number of ketones is 1. The molecule has 0 amide bonds. The standard InChI is InChI=1S/C23H24FN3O2/c1-3-27-14-22(16(2)26-27)29-15-23(17-7-5-4-6-8-17)12-20(23)21(28)11-19-10-9-18(24)13-25-19/h4-10,13-14,20H,3,11-12,15H2,1-2H3. The second kappa shape index (κ2) is 7.78. The second-order valence-corrected chi connectivity index (χ2v) is 7.61. The van der Waals surface area contributed by atoms with Crippen LogP contribution < -0.4 is 4.74 Å². The number of hydrogen-bond donors (Lipinski definition) is 0. The number of carbonyl (C=O) groups excluding carboxylic acids is 1. The fraction of sp³-hybridized carbons (Fsp3) is 0.348. The first-order chi connectivity index (χ1) is 14.0. The number of benzene rings is 1. The Morgan fingerprint density at radius 1 is 1.28 bits per heavy atom. The lowest BCUT2D eigenvalue weighted by Crippen LogP contribution is -2.24. The van der Waals surface area contributed by atoms with E-state index in [1.165, 1.54) is 6.07 Å². The van der Waals surface area contributed by atoms with E-state index in [-0.39, 0.29) is 23.5 Å². The van der Waals surface area contributed by atoms with Gasteiger partial charge in [0, 0.05) is 30.0 Å². The first-order valence-electron chi connectivity index (χ1n) is 9.87. The molecule has 3 aromatic rings. The van der Waals surface area contributed by atoms with Gasteiger partial charge in [-0.05, 0) is 38.0 Å². The van der Waals surface area contributed by atoms with Gasteiger partial charge in [-0.1, -0.05) is 30.3 Å². The second-order valence-electron chi connectivity index (χ2n) is 7.61. The molecule has 2 unspecified atom stereocenters. The summed E-state index contributed by atoms with van der Waals surface area (Å²) in [6.45, 7) is 5.15. The number of ether oxygens (including phenoxy) is 1. The van der Waals surface area contributed by atoms with Crippen molar-refractivity contribution in [3.8, 4) is 5.75 Å². The highest BCUT2D eigenvalue weighted by Crippen LogP contribution is 2.55. The van der Waals surface area contributed by atoms with Crippen molar-refractivity contribution >= 4 is 5.78 Å². The summed E-state index contributed by atoms with van der Waals surface area (Å²) in [5.41, 5.74) is 2.19. The molecule has 1 aromatic carbocycles. The number of carbonyl (C=O) groups is 1. The SMILES string of the molecule is CCn1cc(OCC2(c3ccccc3)CC2C(=O)Cc2ccc(F)cn2)c(C)n1. The summed E-state index contributed by atoms with van der Waals surface area (Å²) in [5.74, 6) is 0.318. The molecule has 1 saturated carbocycles. The number of hydrogen-bond acceptors (Lipinski definition) is 4. The van der Waals surface area contributed by atoms with Crippen LogP contribution in [-0.4, -0.2) is 27.2 Å². The third kappa shape index (κ3) is 3.92. The van der Waals surface area contributed by atoms with Gasteiger partial charge in [-0.15, -0.1) is 0 Å². The molecule has 29 heavy (non-hydrogen) atoms. The van der Waals surface area contributed by atoms with Crippen LogP contribution in [0.4, 0.5) is 4.39 Å². The van der Waals surface area contributed by atoms with Gasteiger partial charge in [-0.25, -0.2) is 4.39 Å². The molecule has 0 aliphatic heterocycles. The molecule has 0 radical (unpaired) electrons. The van der Waals surface area contributed by atoms with Crippen LogP contribution in [0.1, 0.15) is 30.3 Å². The molecule has 0 saturated heterocycles. The Bertz CT molecular complexity index is 1000. The molecule has 1 aliphatic carbocycles. The molecule has 2 atom stereocenters. The number of halogens is 1. The van der Waals surface area contributed by atoms with Gasteiger partial charge >= 0.3 is 0 Å². The molecule has 0 bridgehead atoms. The third-order valence-corrected chi connectivity index (χ3v) is 5.67. The lowest BCUT2D eigenvalue weighted by Gasteiger charge is -2.18. The van der Waals surface area contributed by atoms with Crippen molar-refractivity contribution < 1.29 is 13.9 Å². The van der Waals surface area contributed by atoms with E-state index in [4.69, 9.17) is 4.74 Å². The molecule has 150 valence electrons. The van der Waals surface area contributed by atoms with Crippen molar-refractivity contribution in [2.45, 2.75) is 38.6 Å². The first kappa shape index (κ1) is 19.3. The van der Waals surface area contributed by atoms with E-state index in [1.807, 2.05) is 42.9 Å². The van der Waals surface area contributed by atoms with Crippen LogP contribution in [0.25, 0.3) is 0 Å². The molecule has 2 heterocycles. The molecule has 1 fully saturated rings. The Morgan fingerprint density at radius 3 is 2.72 bits per heavy atom. The Labute approximate surface area is 169 Å². The van der Waals surface area contributed by atoms with Gasteiger partial charge in [0.1, 0.15) is 17.3 Å². The minimum atomic E-state index is -0.400. The van der Waals surface area contributed by atoms with Gasteiger partial charge in [0.25, 0.3) is 0 Å². The largest absolute Gasteiger partial charge is 0.489 e. The molecule has 5 nitrogen and oxygen atoms in total. The Hall–Kier alpha value is -3.02. The van der Waals surface area contributed by atoms with Crippen LogP contribution in [-0.2, 0) is 23.2 Å². The number of nitrogens with zero attached hydrogens (tertiary/aromatic N) is 3. The van der Waals surface area contributed by atoms with Crippen LogP contribution in [0.15, 0.2) is 54.9 Å². The number of rotatable bonds is 8. The van der Waals surface area contributed by atoms with Crippen molar-refractivity contribution in [3.63, 3.8) is 0 Å². The third-order valence-electron chi connectivity index (χ3n) is 5.67. The lowest BCUT2D eigenvalue weighted by molar-refractivity contribution is -0.120. The van der Waals surface area contributed by atoms with Gasteiger partial charge in [0.05, 0.1) is 19.0 Å². The van der Waals surface area contributed by atoms with E-state index in [0.29, 0.717) is 12.3 Å². The molecule has 1 aliphatic rings. The van der Waals surface area contributed by atoms with Crippen LogP contribution in [0.3, 0.4) is 0 Å². The van der Waals surface area contributed by atoms with Gasteiger partial charge in [0.2, 0.25) is 0 Å². The molecule has 2 aromatic heterocycles. The fourth-order valence-corrected chi connectivity index (χ4v) is 3.88. The first-order valence-corrected chi connectivity index (χ1v) is 9.87. The lowest BCUT2D eigenvalue weighted by atomic mass is 9.92. The zero-order chi connectivity index (χ0) is 20.4. The van der Waals surface area contributed by atoms with Crippen molar-refractivity contribution in [2.75, 3.05) is 6.61 Å². The predicted molar refractivity (Wildman–Crippen MR) is 107 cm³/mol. The average molecular weight is 393 g/mol. The monoisotopic (exact) mass is 393 g/mol. The van der Waals surface area contributed by atoms with Gasteiger partial charge in [0.15, 0.2) is 5.75 Å². The van der Waals surface area contributed by atoms with E-state index in [0.717, 1.165) is 36.2 Å². The molecule has 6 heteroatoms. The van der Waals surface area contributed by atoms with Crippen LogP contribution in [0.5, 0.6) is 5.75 Å². The number of pyridine rings is 1. The van der Waals surface area contributed by atoms with E-state index in [9.17, 15) is 9.18 Å². The maximum absolute atomic E-state index is 13.1. The molecular formula is C23H24FN3O2. The summed E-state index contributed by atoms with van der Waals surface area (Å²) >= 11 is 0. The Balaban J connectivity index is 1.52. The highest BCUT2D eigenvalue weighted by atomic mass is 19.1. The average Bonchev–Trinajstić information content (AvgIpc) is 3.38. The maximum atomic E-state index is 13.1. The topological polar surface area (TPSA) is 57.0 Å². The van der Waals surface area contributed by atoms with E-state index < -0.39 is 5.82 Å². The highest BCUT2D eigenvalue weighted by molar-refractivity contribution is 5.88. The van der Waals surface area contributed by atoms with Gasteiger partial charge in [-0.2, -0.15) is 5.10 Å². The fourth-order valence-electron chi connectivity index (χ4n) is 3.88. The van der Waals surface area contributed by atoms with E-state index >= 15 is 0 Å². The maximum Gasteiger partial charge on any atom is 0.160 e. The molecule has 0 spiro atoms. The van der Waals surface area contributed by atoms with E-state index in [1.54, 1.807) is 6.07 Å². The van der Waals surface area contributed by atoms with Crippen LogP contribution in [0, 0.1) is 18.7 Å². The quantitative estimate of drug-likeness (QED) is 0.583. The number of Topliss-reactive ketones (excluding diaryl/α,β-unsaturated/α-hetero) is 1. The number of aryl methyl sites for hydroxylation is 2. The summed E-state index contributed by atoms with van der Waals surface area (Å²) in [7, 11) is 0. The minimum Gasteiger partial charge on any atom is -0.489 e. The zero-order valence-electron chi connectivity index (χ0n) is 16.6. The Kier molecular flexibility index (Phi) is 5.18. The zero-order valence-corrected chi connectivity index (χ0v) is 16.6. The van der Waals surface area contributed by atoms with Crippen LogP contribution >= 0.6 is 0 Å². The van der Waals surface area contributed by atoms with Crippen molar-refractivity contribution in [3.05, 3.63) is 77.6 Å². The van der Waals surface area contributed by atoms with Gasteiger partial charge in [-0.3, -0.25) is 14.5 Å². The molecule has 0 N–H and O–H groups in total. The van der Waals surface area contributed by atoms with Crippen molar-refractivity contribution in [2.24, 2.45) is 5.92 Å². The smallest absolute Gasteiger partial charge is 0.160 e. The number of aromatic nitrogens is 3. The molecule has 4 rings (SSSR count). The highest BCUT2D eigenvalue weighted by Gasteiger charge is 2.59. The molecular weight excluding hydrogens is 369 g/mol. The van der Waals surface area contributed by atoms with Crippen molar-refractivity contribution in [1.82, 2.24) is 14.8 Å². The van der Waals surface area contributed by atoms with Crippen LogP contribution in [0.2, 0.25) is 0 Å². The normalized spacial score (nSPS) is 20.4. The summed E-state index contributed by atoms with van der Waals surface area (Å²) in [5, 5.41) is 4.43. The summed E-state index contributed by atoms with van der Waals surface area (Å²) in [4.78, 5) is 17.0. The summed E-state index contributed by atoms with van der Waals surface area (Å²) in [6.07, 6.45) is 3.98. The van der Waals surface area contributed by atoms with Crippen molar-refractivity contribution in [1.29, 1.82) is 0 Å². The van der Waals surface area contributed by atoms with Gasteiger partial charge < -0.3 is 4.74 Å². The van der Waals surface area contributed by atoms with E-state index in [2.05, 4.69) is 22.2 Å².